The van der Waals surface area contributed by atoms with Gasteiger partial charge in [0.15, 0.2) is 11.5 Å². The summed E-state index contributed by atoms with van der Waals surface area (Å²) in [6.07, 6.45) is 0. The first-order valence-corrected chi connectivity index (χ1v) is 8.03. The van der Waals surface area contributed by atoms with E-state index in [1.807, 2.05) is 36.4 Å². The average molecular weight is 352 g/mol. The fourth-order valence-electron chi connectivity index (χ4n) is 2.96. The van der Waals surface area contributed by atoms with Crippen LogP contribution >= 0.6 is 0 Å². The third-order valence-electron chi connectivity index (χ3n) is 4.22. The number of hydrogen-bond acceptors (Lipinski definition) is 6. The minimum Gasteiger partial charge on any atom is -0.465 e. The highest BCUT2D eigenvalue weighted by molar-refractivity contribution is 6.04. The summed E-state index contributed by atoms with van der Waals surface area (Å²) in [6, 6.07) is 12.9. The molecule has 1 aromatic heterocycles. The van der Waals surface area contributed by atoms with Gasteiger partial charge in [0.1, 0.15) is 5.56 Å². The Labute approximate surface area is 148 Å². The summed E-state index contributed by atoms with van der Waals surface area (Å²) in [6.45, 7) is 0.603. The number of carbonyl (C=O) groups excluding carboxylic acids is 1. The Morgan fingerprint density at radius 2 is 2.00 bits per heavy atom. The molecule has 4 rings (SSSR count). The molecule has 0 atom stereocenters. The number of nitrogens with one attached hydrogen (secondary N) is 2. The Morgan fingerprint density at radius 1 is 1.19 bits per heavy atom. The molecule has 1 aliphatic heterocycles. The SMILES string of the molecule is COC(=O)c1c(NCc2ccc3c(c2)OCO3)c2ccccc2[nH]c1=O. The molecule has 0 fully saturated rings. The van der Waals surface area contributed by atoms with Gasteiger partial charge in [-0.05, 0) is 23.8 Å². The number of aromatic nitrogens is 1. The minimum atomic E-state index is -0.690. The monoisotopic (exact) mass is 352 g/mol. The summed E-state index contributed by atoms with van der Waals surface area (Å²) in [5.74, 6) is 0.684. The lowest BCUT2D eigenvalue weighted by atomic mass is 10.1. The molecular weight excluding hydrogens is 336 g/mol. The van der Waals surface area contributed by atoms with Gasteiger partial charge in [0.05, 0.1) is 18.3 Å². The molecule has 7 heteroatoms. The normalized spacial score (nSPS) is 12.2. The van der Waals surface area contributed by atoms with E-state index in [0.717, 1.165) is 10.9 Å². The molecule has 0 bridgehead atoms. The van der Waals surface area contributed by atoms with E-state index in [1.165, 1.54) is 7.11 Å². The zero-order chi connectivity index (χ0) is 18.1. The second-order valence-corrected chi connectivity index (χ2v) is 5.78. The highest BCUT2D eigenvalue weighted by Gasteiger charge is 2.20. The van der Waals surface area contributed by atoms with Crippen molar-refractivity contribution in [3.63, 3.8) is 0 Å². The molecule has 0 spiro atoms. The Kier molecular flexibility index (Phi) is 3.96. The van der Waals surface area contributed by atoms with Crippen LogP contribution in [-0.2, 0) is 11.3 Å². The van der Waals surface area contributed by atoms with Crippen molar-refractivity contribution in [1.29, 1.82) is 0 Å². The predicted octanol–water partition coefficient (Wildman–Crippen LogP) is 2.66. The summed E-state index contributed by atoms with van der Waals surface area (Å²) >= 11 is 0. The van der Waals surface area contributed by atoms with Crippen molar-refractivity contribution in [1.82, 2.24) is 4.98 Å². The molecule has 0 radical (unpaired) electrons. The van der Waals surface area contributed by atoms with Gasteiger partial charge >= 0.3 is 5.97 Å². The van der Waals surface area contributed by atoms with E-state index in [2.05, 4.69) is 10.3 Å². The number of methoxy groups -OCH3 is 1. The summed E-state index contributed by atoms with van der Waals surface area (Å²) < 4.78 is 15.5. The number of benzene rings is 2. The van der Waals surface area contributed by atoms with E-state index >= 15 is 0 Å². The van der Waals surface area contributed by atoms with Crippen molar-refractivity contribution in [2.45, 2.75) is 6.54 Å². The first-order chi connectivity index (χ1) is 12.7. The quantitative estimate of drug-likeness (QED) is 0.702. The first kappa shape index (κ1) is 16.0. The van der Waals surface area contributed by atoms with E-state index < -0.39 is 11.5 Å². The number of anilines is 1. The number of para-hydroxylation sites is 1. The number of carbonyl (C=O) groups is 1. The van der Waals surface area contributed by atoms with E-state index in [0.29, 0.717) is 29.2 Å². The van der Waals surface area contributed by atoms with Crippen molar-refractivity contribution in [3.05, 3.63) is 63.9 Å². The second-order valence-electron chi connectivity index (χ2n) is 5.78. The molecule has 1 aliphatic rings. The van der Waals surface area contributed by atoms with Gasteiger partial charge in [0, 0.05) is 11.9 Å². The zero-order valence-corrected chi connectivity index (χ0v) is 14.0. The molecular formula is C19H16N2O5. The van der Waals surface area contributed by atoms with Crippen molar-refractivity contribution >= 4 is 22.6 Å². The van der Waals surface area contributed by atoms with Crippen LogP contribution in [0.2, 0.25) is 0 Å². The highest BCUT2D eigenvalue weighted by atomic mass is 16.7. The maximum atomic E-state index is 12.4. The smallest absolute Gasteiger partial charge is 0.345 e. The molecule has 0 unspecified atom stereocenters. The fourth-order valence-corrected chi connectivity index (χ4v) is 2.96. The Morgan fingerprint density at radius 3 is 2.85 bits per heavy atom. The molecule has 26 heavy (non-hydrogen) atoms. The van der Waals surface area contributed by atoms with Gasteiger partial charge in [-0.3, -0.25) is 4.79 Å². The number of fused-ring (bicyclic) bond motifs is 2. The maximum Gasteiger partial charge on any atom is 0.345 e. The van der Waals surface area contributed by atoms with Crippen LogP contribution < -0.4 is 20.3 Å². The zero-order valence-electron chi connectivity index (χ0n) is 14.0. The van der Waals surface area contributed by atoms with Crippen LogP contribution in [0.5, 0.6) is 11.5 Å². The number of aromatic amines is 1. The molecule has 2 heterocycles. The molecule has 0 amide bonds. The van der Waals surface area contributed by atoms with E-state index in [9.17, 15) is 9.59 Å². The highest BCUT2D eigenvalue weighted by Crippen LogP contribution is 2.33. The molecule has 0 aliphatic carbocycles. The number of H-pyrrole nitrogens is 1. The first-order valence-electron chi connectivity index (χ1n) is 8.03. The third-order valence-corrected chi connectivity index (χ3v) is 4.22. The summed E-state index contributed by atoms with van der Waals surface area (Å²) in [5.41, 5.74) is 1.46. The number of pyridine rings is 1. The number of hydrogen-bond donors (Lipinski definition) is 2. The third kappa shape index (κ3) is 2.73. The van der Waals surface area contributed by atoms with Gasteiger partial charge < -0.3 is 24.5 Å². The number of ether oxygens (including phenoxy) is 3. The maximum absolute atomic E-state index is 12.4. The van der Waals surface area contributed by atoms with Crippen LogP contribution in [0.25, 0.3) is 10.9 Å². The summed E-state index contributed by atoms with van der Waals surface area (Å²) in [4.78, 5) is 27.2. The number of esters is 1. The largest absolute Gasteiger partial charge is 0.465 e. The minimum absolute atomic E-state index is 0.0491. The second kappa shape index (κ2) is 6.44. The summed E-state index contributed by atoms with van der Waals surface area (Å²) in [5, 5.41) is 3.93. The molecule has 7 nitrogen and oxygen atoms in total. The van der Waals surface area contributed by atoms with Gasteiger partial charge in [-0.2, -0.15) is 0 Å². The lowest BCUT2D eigenvalue weighted by molar-refractivity contribution is 0.0600. The number of rotatable bonds is 4. The summed E-state index contributed by atoms with van der Waals surface area (Å²) in [7, 11) is 1.25. The van der Waals surface area contributed by atoms with Crippen LogP contribution in [0.3, 0.4) is 0 Å². The lowest BCUT2D eigenvalue weighted by Crippen LogP contribution is -2.22. The van der Waals surface area contributed by atoms with Crippen LogP contribution in [0, 0.1) is 0 Å². The fraction of sp³-hybridized carbons (Fsp3) is 0.158. The van der Waals surface area contributed by atoms with Crippen molar-refractivity contribution in [3.8, 4) is 11.5 Å². The Hall–Kier alpha value is -3.48. The standard InChI is InChI=1S/C19H16N2O5/c1-24-19(23)16-17(12-4-2-3-5-13(12)21-18(16)22)20-9-11-6-7-14-15(8-11)26-10-25-14/h2-8H,9-10H2,1H3,(H2,20,21,22). The molecule has 2 aromatic carbocycles. The Bertz CT molecular complexity index is 1060. The van der Waals surface area contributed by atoms with Gasteiger partial charge in [-0.1, -0.05) is 24.3 Å². The van der Waals surface area contributed by atoms with Gasteiger partial charge in [-0.15, -0.1) is 0 Å². The van der Waals surface area contributed by atoms with Crippen LogP contribution in [0.15, 0.2) is 47.3 Å². The van der Waals surface area contributed by atoms with E-state index in [1.54, 1.807) is 6.07 Å². The van der Waals surface area contributed by atoms with Gasteiger partial charge in [0.2, 0.25) is 6.79 Å². The van der Waals surface area contributed by atoms with Crippen molar-refractivity contribution in [2.24, 2.45) is 0 Å². The Balaban J connectivity index is 1.74. The van der Waals surface area contributed by atoms with Crippen LogP contribution in [-0.4, -0.2) is 24.9 Å². The van der Waals surface area contributed by atoms with E-state index in [4.69, 9.17) is 14.2 Å². The van der Waals surface area contributed by atoms with Gasteiger partial charge in [-0.25, -0.2) is 4.79 Å². The van der Waals surface area contributed by atoms with E-state index in [-0.39, 0.29) is 12.4 Å². The topological polar surface area (TPSA) is 89.7 Å². The predicted molar refractivity (Wildman–Crippen MR) is 95.8 cm³/mol. The molecule has 3 aromatic rings. The lowest BCUT2D eigenvalue weighted by Gasteiger charge is -2.13. The average Bonchev–Trinajstić information content (AvgIpc) is 3.13. The van der Waals surface area contributed by atoms with Crippen LogP contribution in [0.4, 0.5) is 5.69 Å². The van der Waals surface area contributed by atoms with Crippen molar-refractivity contribution in [2.75, 3.05) is 19.2 Å². The molecule has 0 saturated heterocycles. The van der Waals surface area contributed by atoms with Crippen molar-refractivity contribution < 1.29 is 19.0 Å². The van der Waals surface area contributed by atoms with Gasteiger partial charge in [0.25, 0.3) is 5.56 Å². The molecule has 132 valence electrons. The van der Waals surface area contributed by atoms with Crippen LogP contribution in [0.1, 0.15) is 15.9 Å². The molecule has 0 saturated carbocycles. The molecule has 2 N–H and O–H groups in total.